The molecule has 0 aliphatic heterocycles. The van der Waals surface area contributed by atoms with E-state index in [-0.39, 0.29) is 0 Å². The number of rotatable bonds is 2. The molecule has 0 saturated carbocycles. The lowest BCUT2D eigenvalue weighted by atomic mass is 9.88. The summed E-state index contributed by atoms with van der Waals surface area (Å²) in [4.78, 5) is 10.4. The van der Waals surface area contributed by atoms with Gasteiger partial charge in [-0.25, -0.2) is 4.79 Å². The van der Waals surface area contributed by atoms with Crippen LogP contribution in [-0.4, -0.2) is 24.0 Å². The highest BCUT2D eigenvalue weighted by atomic mass is 16.4. The zero-order chi connectivity index (χ0) is 9.14. The summed E-state index contributed by atoms with van der Waals surface area (Å²) in [6, 6.07) is 6.87. The maximum absolute atomic E-state index is 10.4. The van der Waals surface area contributed by atoms with Crippen molar-refractivity contribution in [1.29, 1.82) is 0 Å². The zero-order valence-electron chi connectivity index (χ0n) is 6.69. The van der Waals surface area contributed by atoms with E-state index in [1.54, 1.807) is 32.1 Å². The van der Waals surface area contributed by atoms with E-state index in [0.29, 0.717) is 5.56 Å². The topological polar surface area (TPSA) is 57.5 Å². The minimum Gasteiger partial charge on any atom is -0.479 e. The van der Waals surface area contributed by atoms with Crippen molar-refractivity contribution in [1.82, 2.24) is 0 Å². The number of carboxylic acids is 1. The summed E-state index contributed by atoms with van der Waals surface area (Å²) in [5, 5.41) is 17.7. The van der Waals surface area contributed by atoms with E-state index in [1.807, 2.05) is 0 Å². The van der Waals surface area contributed by atoms with Gasteiger partial charge in [-0.15, -0.1) is 0 Å². The first-order valence-electron chi connectivity index (χ1n) is 3.59. The Labute approximate surface area is 71.1 Å². The lowest BCUT2D eigenvalue weighted by molar-refractivity contribution is -0.146. The fourth-order valence-corrected chi connectivity index (χ4v) is 1.03. The minimum absolute atomic E-state index is 0.449. The number of benzene rings is 1. The van der Waals surface area contributed by atoms with E-state index in [0.717, 1.165) is 5.46 Å². The fourth-order valence-electron chi connectivity index (χ4n) is 1.03. The molecule has 0 fully saturated rings. The van der Waals surface area contributed by atoms with Crippen LogP contribution in [0.2, 0.25) is 0 Å². The number of aliphatic hydroxyl groups is 1. The van der Waals surface area contributed by atoms with E-state index < -0.39 is 12.1 Å². The molecule has 0 aliphatic rings. The lowest BCUT2D eigenvalue weighted by Crippen LogP contribution is -2.19. The molecule has 0 aliphatic carbocycles. The van der Waals surface area contributed by atoms with Gasteiger partial charge in [0.2, 0.25) is 0 Å². The summed E-state index contributed by atoms with van der Waals surface area (Å²) >= 11 is 0. The molecule has 0 spiro atoms. The Morgan fingerprint density at radius 2 is 2.00 bits per heavy atom. The molecule has 0 amide bonds. The van der Waals surface area contributed by atoms with Gasteiger partial charge in [0.25, 0.3) is 0 Å². The van der Waals surface area contributed by atoms with Gasteiger partial charge in [0, 0.05) is 0 Å². The molecule has 4 heteroatoms. The Hall–Kier alpha value is -1.29. The molecule has 0 radical (unpaired) electrons. The number of carboxylic acid groups (broad SMARTS) is 1. The van der Waals surface area contributed by atoms with Gasteiger partial charge in [-0.2, -0.15) is 0 Å². The number of hydrogen-bond donors (Lipinski definition) is 2. The van der Waals surface area contributed by atoms with Crippen molar-refractivity contribution >= 4 is 19.3 Å². The first kappa shape index (κ1) is 8.81. The highest BCUT2D eigenvalue weighted by Gasteiger charge is 2.16. The number of carbonyl (C=O) groups is 1. The van der Waals surface area contributed by atoms with Crippen molar-refractivity contribution in [2.45, 2.75) is 6.10 Å². The van der Waals surface area contributed by atoms with Gasteiger partial charge in [-0.1, -0.05) is 29.7 Å². The van der Waals surface area contributed by atoms with E-state index in [2.05, 4.69) is 0 Å². The van der Waals surface area contributed by atoms with Gasteiger partial charge in [0.15, 0.2) is 6.10 Å². The second-order valence-electron chi connectivity index (χ2n) is 2.60. The van der Waals surface area contributed by atoms with E-state index in [4.69, 9.17) is 5.11 Å². The van der Waals surface area contributed by atoms with Crippen LogP contribution in [0.25, 0.3) is 0 Å². The van der Waals surface area contributed by atoms with Gasteiger partial charge in [0.1, 0.15) is 7.85 Å². The molecule has 1 aromatic rings. The van der Waals surface area contributed by atoms with Crippen LogP contribution in [0.15, 0.2) is 24.3 Å². The molecule has 0 heterocycles. The molecule has 3 nitrogen and oxygen atoms in total. The Kier molecular flexibility index (Phi) is 2.50. The number of hydrogen-bond acceptors (Lipinski definition) is 2. The van der Waals surface area contributed by atoms with Gasteiger partial charge < -0.3 is 10.2 Å². The Morgan fingerprint density at radius 3 is 2.50 bits per heavy atom. The highest BCUT2D eigenvalue weighted by molar-refractivity contribution is 6.33. The quantitative estimate of drug-likeness (QED) is 0.554. The molecular weight excluding hydrogens is 155 g/mol. The van der Waals surface area contributed by atoms with Crippen LogP contribution in [0.1, 0.15) is 11.7 Å². The third kappa shape index (κ3) is 1.65. The SMILES string of the molecule is Bc1ccccc1[C@H](O)C(=O)O. The maximum atomic E-state index is 10.4. The highest BCUT2D eigenvalue weighted by Crippen LogP contribution is 2.08. The molecule has 1 atom stereocenters. The van der Waals surface area contributed by atoms with Gasteiger partial charge in [-0.3, -0.25) is 0 Å². The van der Waals surface area contributed by atoms with Crippen molar-refractivity contribution in [2.75, 3.05) is 0 Å². The molecule has 62 valence electrons. The van der Waals surface area contributed by atoms with Gasteiger partial charge >= 0.3 is 5.97 Å². The summed E-state index contributed by atoms with van der Waals surface area (Å²) < 4.78 is 0. The summed E-state index contributed by atoms with van der Waals surface area (Å²) in [5.41, 5.74) is 1.23. The molecule has 1 rings (SSSR count). The second kappa shape index (κ2) is 3.41. The Balaban J connectivity index is 3.02. The van der Waals surface area contributed by atoms with Crippen LogP contribution >= 0.6 is 0 Å². The molecule has 12 heavy (non-hydrogen) atoms. The zero-order valence-corrected chi connectivity index (χ0v) is 6.69. The minimum atomic E-state index is -1.41. The smallest absolute Gasteiger partial charge is 0.337 e. The van der Waals surface area contributed by atoms with Crippen LogP contribution in [0.3, 0.4) is 0 Å². The van der Waals surface area contributed by atoms with Crippen molar-refractivity contribution in [2.24, 2.45) is 0 Å². The van der Waals surface area contributed by atoms with Crippen LogP contribution < -0.4 is 5.46 Å². The Morgan fingerprint density at radius 1 is 1.42 bits per heavy atom. The number of aliphatic carboxylic acids is 1. The van der Waals surface area contributed by atoms with Crippen LogP contribution in [-0.2, 0) is 4.79 Å². The van der Waals surface area contributed by atoms with E-state index >= 15 is 0 Å². The van der Waals surface area contributed by atoms with Gasteiger partial charge in [0.05, 0.1) is 0 Å². The van der Waals surface area contributed by atoms with Crippen molar-refractivity contribution in [3.8, 4) is 0 Å². The van der Waals surface area contributed by atoms with Crippen molar-refractivity contribution in [3.63, 3.8) is 0 Å². The third-order valence-electron chi connectivity index (χ3n) is 1.72. The van der Waals surface area contributed by atoms with Crippen molar-refractivity contribution in [3.05, 3.63) is 29.8 Å². The van der Waals surface area contributed by atoms with Crippen LogP contribution in [0.5, 0.6) is 0 Å². The summed E-state index contributed by atoms with van der Waals surface area (Å²) in [6.07, 6.45) is -1.41. The monoisotopic (exact) mass is 164 g/mol. The van der Waals surface area contributed by atoms with Gasteiger partial charge in [-0.05, 0) is 5.56 Å². The first-order valence-corrected chi connectivity index (χ1v) is 3.59. The van der Waals surface area contributed by atoms with Crippen LogP contribution in [0, 0.1) is 0 Å². The van der Waals surface area contributed by atoms with E-state index in [9.17, 15) is 9.90 Å². The average molecular weight is 164 g/mol. The van der Waals surface area contributed by atoms with E-state index in [1.165, 1.54) is 0 Å². The fraction of sp³-hybridized carbons (Fsp3) is 0.125. The average Bonchev–Trinajstić information content (AvgIpc) is 2.04. The number of aliphatic hydroxyl groups excluding tert-OH is 1. The Bertz CT molecular complexity index is 298. The van der Waals surface area contributed by atoms with Crippen molar-refractivity contribution < 1.29 is 15.0 Å². The second-order valence-corrected chi connectivity index (χ2v) is 2.60. The third-order valence-corrected chi connectivity index (χ3v) is 1.72. The molecule has 0 bridgehead atoms. The summed E-state index contributed by atoms with van der Waals surface area (Å²) in [5.74, 6) is -1.22. The summed E-state index contributed by atoms with van der Waals surface area (Å²) in [7, 11) is 1.77. The standard InChI is InChI=1S/C8H9BO3/c9-6-4-2-1-3-5(6)7(10)8(11)12/h1-4,7,10H,9H2,(H,11,12)/t7-/m0/s1. The maximum Gasteiger partial charge on any atom is 0.337 e. The molecule has 1 aromatic carbocycles. The molecule has 0 saturated heterocycles. The van der Waals surface area contributed by atoms with Crippen LogP contribution in [0.4, 0.5) is 0 Å². The predicted molar refractivity (Wildman–Crippen MR) is 47.2 cm³/mol. The molecule has 0 aromatic heterocycles. The molecular formula is C8H9BO3. The predicted octanol–water partition coefficient (Wildman–Crippen LogP) is -0.937. The first-order chi connectivity index (χ1) is 5.63. The largest absolute Gasteiger partial charge is 0.479 e. The normalized spacial score (nSPS) is 12.4. The molecule has 0 unspecified atom stereocenters. The lowest BCUT2D eigenvalue weighted by Gasteiger charge is -2.08. The summed E-state index contributed by atoms with van der Waals surface area (Å²) in [6.45, 7) is 0. The molecule has 2 N–H and O–H groups in total.